The van der Waals surface area contributed by atoms with Crippen LogP contribution in [0, 0.1) is 5.92 Å². The van der Waals surface area contributed by atoms with E-state index in [4.69, 9.17) is 9.15 Å². The van der Waals surface area contributed by atoms with Gasteiger partial charge in [0.25, 0.3) is 5.91 Å². The maximum absolute atomic E-state index is 12.4. The van der Waals surface area contributed by atoms with Crippen molar-refractivity contribution in [2.45, 2.75) is 32.1 Å². The van der Waals surface area contributed by atoms with Crippen LogP contribution < -0.4 is 0 Å². The Morgan fingerprint density at radius 3 is 2.85 bits per heavy atom. The summed E-state index contributed by atoms with van der Waals surface area (Å²) < 4.78 is 10.1. The zero-order valence-corrected chi connectivity index (χ0v) is 11.6. The highest BCUT2D eigenvalue weighted by molar-refractivity contribution is 5.92. The summed E-state index contributed by atoms with van der Waals surface area (Å²) in [6.45, 7) is 4.63. The Bertz CT molecular complexity index is 434. The molecular formula is C13H20N2O5. The largest absolute Gasteiger partial charge is 0.451 e. The van der Waals surface area contributed by atoms with Crippen LogP contribution in [0.3, 0.4) is 0 Å². The lowest BCUT2D eigenvalue weighted by molar-refractivity contribution is -0.126. The Morgan fingerprint density at radius 2 is 2.25 bits per heavy atom. The van der Waals surface area contributed by atoms with Gasteiger partial charge in [-0.3, -0.25) is 4.79 Å². The summed E-state index contributed by atoms with van der Waals surface area (Å²) in [5.74, 6) is -0.133. The SMILES string of the molecule is CC(C)CN(C(=O)c1cocn1)[C@@H]1COC[C@@H](O)[C@H]1O. The predicted octanol–water partition coefficient (Wildman–Crippen LogP) is -0.107. The molecule has 1 aliphatic heterocycles. The number of aliphatic hydroxyl groups is 2. The summed E-state index contributed by atoms with van der Waals surface area (Å²) >= 11 is 0. The Balaban J connectivity index is 2.20. The molecule has 0 unspecified atom stereocenters. The van der Waals surface area contributed by atoms with Crippen LogP contribution in [-0.4, -0.2) is 64.0 Å². The van der Waals surface area contributed by atoms with Crippen molar-refractivity contribution >= 4 is 5.91 Å². The number of aliphatic hydroxyl groups excluding tert-OH is 2. The molecule has 1 saturated heterocycles. The van der Waals surface area contributed by atoms with E-state index in [9.17, 15) is 15.0 Å². The normalized spacial score (nSPS) is 26.8. The number of carbonyl (C=O) groups is 1. The number of nitrogens with zero attached hydrogens (tertiary/aromatic N) is 2. The van der Waals surface area contributed by atoms with Crippen LogP contribution in [0.1, 0.15) is 24.3 Å². The zero-order chi connectivity index (χ0) is 14.7. The van der Waals surface area contributed by atoms with E-state index in [2.05, 4.69) is 4.98 Å². The molecule has 0 bridgehead atoms. The quantitative estimate of drug-likeness (QED) is 0.801. The molecule has 3 atom stereocenters. The molecule has 1 aromatic rings. The summed E-state index contributed by atoms with van der Waals surface area (Å²) in [4.78, 5) is 17.8. The molecule has 1 aromatic heterocycles. The van der Waals surface area contributed by atoms with Crippen LogP contribution in [-0.2, 0) is 4.74 Å². The third-order valence-corrected chi connectivity index (χ3v) is 3.24. The second-order valence-corrected chi connectivity index (χ2v) is 5.39. The Hall–Kier alpha value is -1.44. The average molecular weight is 284 g/mol. The number of rotatable bonds is 4. The first-order valence-corrected chi connectivity index (χ1v) is 6.63. The van der Waals surface area contributed by atoms with E-state index in [1.54, 1.807) is 0 Å². The summed E-state index contributed by atoms with van der Waals surface area (Å²) in [7, 11) is 0. The minimum atomic E-state index is -1.03. The van der Waals surface area contributed by atoms with Crippen molar-refractivity contribution in [1.29, 1.82) is 0 Å². The smallest absolute Gasteiger partial charge is 0.276 e. The highest BCUT2D eigenvalue weighted by Gasteiger charge is 2.38. The number of ether oxygens (including phenoxy) is 1. The number of hydrogen-bond acceptors (Lipinski definition) is 6. The van der Waals surface area contributed by atoms with Crippen molar-refractivity contribution in [2.24, 2.45) is 5.92 Å². The minimum Gasteiger partial charge on any atom is -0.451 e. The van der Waals surface area contributed by atoms with Crippen molar-refractivity contribution < 1.29 is 24.2 Å². The highest BCUT2D eigenvalue weighted by atomic mass is 16.5. The zero-order valence-electron chi connectivity index (χ0n) is 11.6. The molecule has 7 heteroatoms. The van der Waals surface area contributed by atoms with E-state index in [0.29, 0.717) is 6.54 Å². The first-order chi connectivity index (χ1) is 9.50. The summed E-state index contributed by atoms with van der Waals surface area (Å²) in [5.41, 5.74) is 0.179. The molecule has 2 N–H and O–H groups in total. The molecule has 1 aliphatic rings. The lowest BCUT2D eigenvalue weighted by Gasteiger charge is -2.40. The maximum atomic E-state index is 12.4. The molecule has 0 spiro atoms. The number of carbonyl (C=O) groups excluding carboxylic acids is 1. The lowest BCUT2D eigenvalue weighted by Crippen LogP contribution is -2.58. The fourth-order valence-electron chi connectivity index (χ4n) is 2.27. The van der Waals surface area contributed by atoms with Gasteiger partial charge >= 0.3 is 0 Å². The Morgan fingerprint density at radius 1 is 1.50 bits per heavy atom. The number of amides is 1. The third-order valence-electron chi connectivity index (χ3n) is 3.24. The fraction of sp³-hybridized carbons (Fsp3) is 0.692. The van der Waals surface area contributed by atoms with Gasteiger partial charge in [0.1, 0.15) is 18.5 Å². The summed E-state index contributed by atoms with van der Waals surface area (Å²) in [5, 5.41) is 19.8. The third kappa shape index (κ3) is 3.17. The molecule has 20 heavy (non-hydrogen) atoms. The molecular weight excluding hydrogens is 264 g/mol. The van der Waals surface area contributed by atoms with E-state index < -0.39 is 18.2 Å². The van der Waals surface area contributed by atoms with Gasteiger partial charge in [-0.1, -0.05) is 13.8 Å². The van der Waals surface area contributed by atoms with Gasteiger partial charge in [0.15, 0.2) is 12.1 Å². The van der Waals surface area contributed by atoms with Gasteiger partial charge in [-0.25, -0.2) is 4.98 Å². The monoisotopic (exact) mass is 284 g/mol. The molecule has 1 fully saturated rings. The molecule has 1 amide bonds. The van der Waals surface area contributed by atoms with Crippen molar-refractivity contribution in [3.63, 3.8) is 0 Å². The number of hydrogen-bond donors (Lipinski definition) is 2. The summed E-state index contributed by atoms with van der Waals surface area (Å²) in [6.07, 6.45) is 0.429. The van der Waals surface area contributed by atoms with Gasteiger partial charge in [0.2, 0.25) is 0 Å². The molecule has 7 nitrogen and oxygen atoms in total. The van der Waals surface area contributed by atoms with Crippen molar-refractivity contribution in [3.05, 3.63) is 18.4 Å². The van der Waals surface area contributed by atoms with Crippen molar-refractivity contribution in [1.82, 2.24) is 9.88 Å². The van der Waals surface area contributed by atoms with E-state index in [-0.39, 0.29) is 30.7 Å². The second kappa shape index (κ2) is 6.34. The van der Waals surface area contributed by atoms with Crippen LogP contribution in [0.2, 0.25) is 0 Å². The van der Waals surface area contributed by atoms with Gasteiger partial charge < -0.3 is 24.3 Å². The minimum absolute atomic E-state index is 0.0747. The maximum Gasteiger partial charge on any atom is 0.276 e. The van der Waals surface area contributed by atoms with Gasteiger partial charge in [-0.05, 0) is 5.92 Å². The second-order valence-electron chi connectivity index (χ2n) is 5.39. The summed E-state index contributed by atoms with van der Waals surface area (Å²) in [6, 6.07) is -0.592. The average Bonchev–Trinajstić information content (AvgIpc) is 2.92. The molecule has 2 rings (SSSR count). The van der Waals surface area contributed by atoms with E-state index in [1.165, 1.54) is 17.6 Å². The van der Waals surface area contributed by atoms with E-state index >= 15 is 0 Å². The number of aromatic nitrogens is 1. The van der Waals surface area contributed by atoms with Gasteiger partial charge in [0, 0.05) is 6.54 Å². The molecule has 0 radical (unpaired) electrons. The topological polar surface area (TPSA) is 96.0 Å². The first kappa shape index (κ1) is 15.0. The van der Waals surface area contributed by atoms with Gasteiger partial charge in [-0.2, -0.15) is 0 Å². The lowest BCUT2D eigenvalue weighted by atomic mass is 10.0. The Labute approximate surface area is 117 Å². The van der Waals surface area contributed by atoms with Crippen molar-refractivity contribution in [3.8, 4) is 0 Å². The van der Waals surface area contributed by atoms with Crippen LogP contribution in [0.5, 0.6) is 0 Å². The van der Waals surface area contributed by atoms with Crippen LogP contribution in [0.15, 0.2) is 17.1 Å². The molecule has 0 aliphatic carbocycles. The standard InChI is InChI=1S/C13H20N2O5/c1-8(2)3-15(13(18)9-4-20-7-14-9)10-5-19-6-11(16)12(10)17/h4,7-8,10-12,16-17H,3,5-6H2,1-2H3/t10-,11-,12+/m1/s1. The highest BCUT2D eigenvalue weighted by Crippen LogP contribution is 2.19. The molecule has 0 saturated carbocycles. The predicted molar refractivity (Wildman–Crippen MR) is 69.0 cm³/mol. The van der Waals surface area contributed by atoms with Crippen LogP contribution >= 0.6 is 0 Å². The molecule has 112 valence electrons. The van der Waals surface area contributed by atoms with Gasteiger partial charge in [0.05, 0.1) is 19.3 Å². The number of oxazole rings is 1. The molecule has 2 heterocycles. The molecule has 0 aromatic carbocycles. The Kier molecular flexibility index (Phi) is 4.74. The van der Waals surface area contributed by atoms with Crippen LogP contribution in [0.4, 0.5) is 0 Å². The van der Waals surface area contributed by atoms with E-state index in [0.717, 1.165) is 0 Å². The van der Waals surface area contributed by atoms with Gasteiger partial charge in [-0.15, -0.1) is 0 Å². The van der Waals surface area contributed by atoms with Crippen molar-refractivity contribution in [2.75, 3.05) is 19.8 Å². The van der Waals surface area contributed by atoms with Crippen LogP contribution in [0.25, 0.3) is 0 Å². The first-order valence-electron chi connectivity index (χ1n) is 6.63. The fourth-order valence-corrected chi connectivity index (χ4v) is 2.27. The van der Waals surface area contributed by atoms with E-state index in [1.807, 2.05) is 13.8 Å².